The Bertz CT molecular complexity index is 516. The van der Waals surface area contributed by atoms with E-state index in [1.807, 2.05) is 0 Å². The number of hydrogen-bond donors (Lipinski definition) is 0. The first-order chi connectivity index (χ1) is 9.00. The quantitative estimate of drug-likeness (QED) is 0.451. The summed E-state index contributed by atoms with van der Waals surface area (Å²) in [4.78, 5) is 32.6. The molecule has 0 N–H and O–H groups in total. The zero-order valence-electron chi connectivity index (χ0n) is 10.2. The predicted molar refractivity (Wildman–Crippen MR) is 68.2 cm³/mol. The molecule has 1 aromatic rings. The van der Waals surface area contributed by atoms with Gasteiger partial charge in [0.25, 0.3) is 0 Å². The molecule has 0 saturated carbocycles. The average molecular weight is 286 g/mol. The molecule has 0 radical (unpaired) electrons. The molecule has 2 heterocycles. The van der Waals surface area contributed by atoms with Crippen molar-refractivity contribution >= 4 is 29.0 Å². The lowest BCUT2D eigenvalue weighted by Gasteiger charge is -2.34. The summed E-state index contributed by atoms with van der Waals surface area (Å²) in [6.07, 6.45) is 1.20. The fraction of sp³-hybridized carbons (Fsp3) is 0.500. The Balaban J connectivity index is 2.22. The topological polar surface area (TPSA) is 92.5 Å². The molecule has 0 aliphatic carbocycles. The Morgan fingerprint density at radius 1 is 1.37 bits per heavy atom. The summed E-state index contributed by atoms with van der Waals surface area (Å²) >= 11 is 5.74. The zero-order chi connectivity index (χ0) is 14.0. The van der Waals surface area contributed by atoms with E-state index in [1.54, 1.807) is 9.80 Å². The van der Waals surface area contributed by atoms with Gasteiger partial charge in [-0.05, 0) is 0 Å². The van der Waals surface area contributed by atoms with E-state index in [2.05, 4.69) is 9.97 Å². The molecule has 0 spiro atoms. The van der Waals surface area contributed by atoms with Gasteiger partial charge in [-0.15, -0.1) is 0 Å². The largest absolute Gasteiger partial charge is 0.348 e. The zero-order valence-corrected chi connectivity index (χ0v) is 11.0. The van der Waals surface area contributed by atoms with Crippen LogP contribution < -0.4 is 4.90 Å². The van der Waals surface area contributed by atoms with Crippen LogP contribution in [-0.4, -0.2) is 51.9 Å². The molecule has 1 aliphatic heterocycles. The van der Waals surface area contributed by atoms with Crippen LogP contribution >= 0.6 is 11.6 Å². The van der Waals surface area contributed by atoms with Crippen molar-refractivity contribution in [1.82, 2.24) is 14.9 Å². The molecule has 1 amide bonds. The van der Waals surface area contributed by atoms with Gasteiger partial charge >= 0.3 is 5.69 Å². The molecule has 19 heavy (non-hydrogen) atoms. The van der Waals surface area contributed by atoms with Crippen molar-refractivity contribution in [3.8, 4) is 0 Å². The lowest BCUT2D eigenvalue weighted by atomic mass is 10.3. The van der Waals surface area contributed by atoms with Crippen molar-refractivity contribution in [2.45, 2.75) is 6.92 Å². The van der Waals surface area contributed by atoms with Crippen LogP contribution in [0.5, 0.6) is 0 Å². The van der Waals surface area contributed by atoms with E-state index in [0.717, 1.165) is 0 Å². The van der Waals surface area contributed by atoms with Crippen LogP contribution in [0.4, 0.5) is 11.5 Å². The molecule has 1 aliphatic rings. The van der Waals surface area contributed by atoms with Crippen molar-refractivity contribution in [1.29, 1.82) is 0 Å². The third kappa shape index (κ3) is 2.73. The molecule has 8 nitrogen and oxygen atoms in total. The first-order valence-electron chi connectivity index (χ1n) is 5.66. The van der Waals surface area contributed by atoms with Crippen LogP contribution in [0.25, 0.3) is 0 Å². The third-order valence-electron chi connectivity index (χ3n) is 2.97. The normalized spacial score (nSPS) is 15.5. The molecule has 0 aromatic carbocycles. The number of carbonyl (C=O) groups is 1. The van der Waals surface area contributed by atoms with Gasteiger partial charge in [-0.2, -0.15) is 0 Å². The van der Waals surface area contributed by atoms with E-state index >= 15 is 0 Å². The number of aromatic nitrogens is 2. The molecular weight excluding hydrogens is 274 g/mol. The summed E-state index contributed by atoms with van der Waals surface area (Å²) in [5, 5.41) is 10.8. The van der Waals surface area contributed by atoms with Crippen LogP contribution in [0.3, 0.4) is 0 Å². The van der Waals surface area contributed by atoms with E-state index in [9.17, 15) is 14.9 Å². The maximum Gasteiger partial charge on any atom is 0.348 e. The minimum absolute atomic E-state index is 0.00475. The van der Waals surface area contributed by atoms with E-state index in [-0.39, 0.29) is 22.6 Å². The van der Waals surface area contributed by atoms with Crippen molar-refractivity contribution < 1.29 is 9.72 Å². The number of nitro groups is 1. The van der Waals surface area contributed by atoms with Crippen molar-refractivity contribution in [2.24, 2.45) is 0 Å². The second kappa shape index (κ2) is 5.35. The number of piperazine rings is 1. The van der Waals surface area contributed by atoms with Gasteiger partial charge in [0.05, 0.1) is 4.92 Å². The van der Waals surface area contributed by atoms with E-state index < -0.39 is 4.92 Å². The van der Waals surface area contributed by atoms with Gasteiger partial charge in [-0.1, -0.05) is 11.6 Å². The van der Waals surface area contributed by atoms with Gasteiger partial charge in [0, 0.05) is 33.1 Å². The first-order valence-corrected chi connectivity index (χ1v) is 6.04. The number of nitrogens with zero attached hydrogens (tertiary/aromatic N) is 5. The van der Waals surface area contributed by atoms with E-state index in [4.69, 9.17) is 11.6 Å². The van der Waals surface area contributed by atoms with Crippen LogP contribution in [-0.2, 0) is 4.79 Å². The van der Waals surface area contributed by atoms with E-state index in [1.165, 1.54) is 13.3 Å². The lowest BCUT2D eigenvalue weighted by molar-refractivity contribution is -0.384. The third-order valence-corrected chi connectivity index (χ3v) is 3.24. The van der Waals surface area contributed by atoms with E-state index in [0.29, 0.717) is 26.2 Å². The van der Waals surface area contributed by atoms with Gasteiger partial charge in [0.1, 0.15) is 6.33 Å². The fourth-order valence-electron chi connectivity index (χ4n) is 1.97. The molecular formula is C10H12ClN5O3. The second-order valence-electron chi connectivity index (χ2n) is 4.09. The van der Waals surface area contributed by atoms with Gasteiger partial charge in [-0.3, -0.25) is 14.9 Å². The maximum atomic E-state index is 11.2. The lowest BCUT2D eigenvalue weighted by Crippen LogP contribution is -2.48. The van der Waals surface area contributed by atoms with Crippen LogP contribution in [0.15, 0.2) is 6.33 Å². The highest BCUT2D eigenvalue weighted by Gasteiger charge is 2.28. The molecule has 0 atom stereocenters. The second-order valence-corrected chi connectivity index (χ2v) is 4.44. The molecule has 1 aromatic heterocycles. The smallest absolute Gasteiger partial charge is 0.347 e. The summed E-state index contributed by atoms with van der Waals surface area (Å²) in [7, 11) is 0. The highest BCUT2D eigenvalue weighted by molar-refractivity contribution is 6.31. The first kappa shape index (κ1) is 13.5. The predicted octanol–water partition coefficient (Wildman–Crippen LogP) is 0.707. The highest BCUT2D eigenvalue weighted by Crippen LogP contribution is 2.31. The van der Waals surface area contributed by atoms with Gasteiger partial charge in [0.15, 0.2) is 0 Å². The summed E-state index contributed by atoms with van der Waals surface area (Å²) in [5.74, 6) is 0.197. The van der Waals surface area contributed by atoms with Crippen LogP contribution in [0.2, 0.25) is 5.15 Å². The van der Waals surface area contributed by atoms with Gasteiger partial charge in [-0.25, -0.2) is 9.97 Å². The van der Waals surface area contributed by atoms with Gasteiger partial charge < -0.3 is 9.80 Å². The average Bonchev–Trinajstić information content (AvgIpc) is 2.38. The minimum Gasteiger partial charge on any atom is -0.347 e. The molecule has 9 heteroatoms. The Labute approximate surface area is 114 Å². The van der Waals surface area contributed by atoms with Crippen LogP contribution in [0, 0.1) is 10.1 Å². The van der Waals surface area contributed by atoms with Crippen molar-refractivity contribution in [3.63, 3.8) is 0 Å². The Kier molecular flexibility index (Phi) is 3.79. The monoisotopic (exact) mass is 285 g/mol. The Hall–Kier alpha value is -1.96. The molecule has 102 valence electrons. The Morgan fingerprint density at radius 3 is 2.53 bits per heavy atom. The number of carbonyl (C=O) groups excluding carboxylic acids is 1. The maximum absolute atomic E-state index is 11.2. The minimum atomic E-state index is -0.588. The van der Waals surface area contributed by atoms with Crippen molar-refractivity contribution in [3.05, 3.63) is 21.6 Å². The van der Waals surface area contributed by atoms with Crippen molar-refractivity contribution in [2.75, 3.05) is 31.1 Å². The number of halogens is 1. The number of amides is 1. The SMILES string of the molecule is CC(=O)N1CCN(c2ncnc(Cl)c2[N+](=O)[O-])CC1. The molecule has 0 unspecified atom stereocenters. The summed E-state index contributed by atoms with van der Waals surface area (Å²) in [6.45, 7) is 3.48. The molecule has 1 fully saturated rings. The standard InChI is InChI=1S/C10H12ClN5O3/c1-7(17)14-2-4-15(5-3-14)10-8(16(18)19)9(11)12-6-13-10/h6H,2-5H2,1H3. The van der Waals surface area contributed by atoms with Gasteiger partial charge in [0.2, 0.25) is 16.9 Å². The van der Waals surface area contributed by atoms with Crippen LogP contribution in [0.1, 0.15) is 6.92 Å². The molecule has 2 rings (SSSR count). The highest BCUT2D eigenvalue weighted by atomic mass is 35.5. The number of hydrogen-bond acceptors (Lipinski definition) is 6. The summed E-state index contributed by atoms with van der Waals surface area (Å²) in [5.41, 5.74) is -0.291. The molecule has 0 bridgehead atoms. The summed E-state index contributed by atoms with van der Waals surface area (Å²) < 4.78 is 0. The fourth-order valence-corrected chi connectivity index (χ4v) is 2.17. The number of rotatable bonds is 2. The molecule has 1 saturated heterocycles. The number of anilines is 1. The Morgan fingerprint density at radius 2 is 2.00 bits per heavy atom. The summed E-state index contributed by atoms with van der Waals surface area (Å²) in [6, 6.07) is 0.